The fourth-order valence-corrected chi connectivity index (χ4v) is 4.96. The van der Waals surface area contributed by atoms with Crippen molar-refractivity contribution < 1.29 is 13.5 Å². The molecule has 0 radical (unpaired) electrons. The van der Waals surface area contributed by atoms with E-state index in [9.17, 15) is 13.5 Å². The van der Waals surface area contributed by atoms with Crippen molar-refractivity contribution >= 4 is 9.84 Å². The Morgan fingerprint density at radius 2 is 2.21 bits per heavy atom. The third kappa shape index (κ3) is 2.69. The Morgan fingerprint density at radius 1 is 1.37 bits per heavy atom. The van der Waals surface area contributed by atoms with Gasteiger partial charge in [-0.05, 0) is 19.3 Å². The summed E-state index contributed by atoms with van der Waals surface area (Å²) in [4.78, 5) is 4.53. The molecule has 3 heterocycles. The van der Waals surface area contributed by atoms with E-state index in [0.29, 0.717) is 18.7 Å². The van der Waals surface area contributed by atoms with Crippen molar-refractivity contribution in [3.05, 3.63) is 17.7 Å². The van der Waals surface area contributed by atoms with E-state index >= 15 is 0 Å². The van der Waals surface area contributed by atoms with Gasteiger partial charge in [0.15, 0.2) is 9.84 Å². The summed E-state index contributed by atoms with van der Waals surface area (Å²) in [6.45, 7) is 0.583. The third-order valence-corrected chi connectivity index (χ3v) is 6.44. The number of nitrogens with zero attached hydrogens (tertiary/aromatic N) is 2. The molecule has 2 atom stereocenters. The Hall–Kier alpha value is -0.880. The Bertz CT molecular complexity index is 564. The second-order valence-corrected chi connectivity index (χ2v) is 8.08. The van der Waals surface area contributed by atoms with E-state index in [1.807, 2.05) is 10.8 Å². The second kappa shape index (κ2) is 4.90. The Balaban J connectivity index is 1.77. The van der Waals surface area contributed by atoms with Crippen molar-refractivity contribution in [1.82, 2.24) is 9.55 Å². The number of fused-ring (bicyclic) bond motifs is 1. The van der Waals surface area contributed by atoms with E-state index in [2.05, 4.69) is 4.98 Å². The maximum atomic E-state index is 12.0. The van der Waals surface area contributed by atoms with E-state index in [4.69, 9.17) is 0 Å². The molecule has 2 aliphatic rings. The molecule has 0 saturated carbocycles. The minimum Gasteiger partial charge on any atom is -0.391 e. The molecule has 0 spiro atoms. The third-order valence-electron chi connectivity index (χ3n) is 4.17. The summed E-state index contributed by atoms with van der Waals surface area (Å²) >= 11 is 0. The molecule has 19 heavy (non-hydrogen) atoms. The maximum Gasteiger partial charge on any atom is 0.153 e. The highest BCUT2D eigenvalue weighted by atomic mass is 32.2. The van der Waals surface area contributed by atoms with Gasteiger partial charge in [-0.25, -0.2) is 13.4 Å². The van der Waals surface area contributed by atoms with Gasteiger partial charge >= 0.3 is 0 Å². The van der Waals surface area contributed by atoms with Crippen molar-refractivity contribution in [3.8, 4) is 0 Å². The van der Waals surface area contributed by atoms with E-state index in [1.165, 1.54) is 0 Å². The zero-order valence-electron chi connectivity index (χ0n) is 11.0. The molecule has 1 aromatic rings. The number of imidazole rings is 1. The highest BCUT2D eigenvalue weighted by Crippen LogP contribution is 2.24. The molecule has 0 aliphatic carbocycles. The summed E-state index contributed by atoms with van der Waals surface area (Å²) in [5, 5.41) is 9.36. The number of aromatic nitrogens is 2. The Morgan fingerprint density at radius 3 is 3.00 bits per heavy atom. The van der Waals surface area contributed by atoms with E-state index in [0.717, 1.165) is 43.6 Å². The van der Waals surface area contributed by atoms with Gasteiger partial charge in [-0.1, -0.05) is 6.42 Å². The van der Waals surface area contributed by atoms with Crippen molar-refractivity contribution in [3.63, 3.8) is 0 Å². The maximum absolute atomic E-state index is 12.0. The Kier molecular flexibility index (Phi) is 3.39. The van der Waals surface area contributed by atoms with Gasteiger partial charge in [-0.15, -0.1) is 0 Å². The standard InChI is InChI=1S/C13H20N2O3S/c16-11-4-5-13-14-10(8-15(13)9-11)7-12-3-1-2-6-19(12,17)18/h8,11-12,16H,1-7,9H2. The SMILES string of the molecule is O=S1(=O)CCCCC1Cc1cn2c(n1)CCC(O)C2. The van der Waals surface area contributed by atoms with Gasteiger partial charge in [0.2, 0.25) is 0 Å². The van der Waals surface area contributed by atoms with Gasteiger partial charge in [0, 0.05) is 25.6 Å². The van der Waals surface area contributed by atoms with Crippen LogP contribution in [-0.2, 0) is 29.2 Å². The summed E-state index contributed by atoms with van der Waals surface area (Å²) < 4.78 is 26.0. The molecule has 3 rings (SSSR count). The smallest absolute Gasteiger partial charge is 0.153 e. The lowest BCUT2D eigenvalue weighted by atomic mass is 10.1. The molecule has 5 nitrogen and oxygen atoms in total. The summed E-state index contributed by atoms with van der Waals surface area (Å²) in [5.74, 6) is 1.30. The summed E-state index contributed by atoms with van der Waals surface area (Å²) in [6, 6.07) is 0. The van der Waals surface area contributed by atoms with Crippen LogP contribution in [0.15, 0.2) is 6.20 Å². The van der Waals surface area contributed by atoms with Crippen molar-refractivity contribution in [2.24, 2.45) is 0 Å². The molecule has 0 aromatic carbocycles. The fourth-order valence-electron chi connectivity index (χ4n) is 3.07. The first-order chi connectivity index (χ1) is 9.04. The molecule has 6 heteroatoms. The first-order valence-corrected chi connectivity index (χ1v) is 8.71. The van der Waals surface area contributed by atoms with Crippen LogP contribution in [0.5, 0.6) is 0 Å². The average molecular weight is 284 g/mol. The number of hydrogen-bond donors (Lipinski definition) is 1. The van der Waals surface area contributed by atoms with Crippen LogP contribution >= 0.6 is 0 Å². The van der Waals surface area contributed by atoms with Crippen LogP contribution < -0.4 is 0 Å². The number of aliphatic hydroxyl groups is 1. The van der Waals surface area contributed by atoms with Gasteiger partial charge in [0.1, 0.15) is 5.82 Å². The van der Waals surface area contributed by atoms with E-state index in [1.54, 1.807) is 0 Å². The molecule has 1 saturated heterocycles. The zero-order valence-corrected chi connectivity index (χ0v) is 11.8. The van der Waals surface area contributed by atoms with E-state index < -0.39 is 9.84 Å². The van der Waals surface area contributed by atoms with Crippen molar-refractivity contribution in [2.45, 2.75) is 56.4 Å². The molecular formula is C13H20N2O3S. The monoisotopic (exact) mass is 284 g/mol. The van der Waals surface area contributed by atoms with Crippen LogP contribution in [0.4, 0.5) is 0 Å². The predicted molar refractivity (Wildman–Crippen MR) is 71.7 cm³/mol. The summed E-state index contributed by atoms with van der Waals surface area (Å²) in [5.41, 5.74) is 0.861. The average Bonchev–Trinajstić information content (AvgIpc) is 2.73. The van der Waals surface area contributed by atoms with Crippen LogP contribution in [0, 0.1) is 0 Å². The van der Waals surface area contributed by atoms with Gasteiger partial charge in [0.05, 0.1) is 22.8 Å². The lowest BCUT2D eigenvalue weighted by Crippen LogP contribution is -2.30. The molecule has 1 aromatic heterocycles. The molecule has 2 unspecified atom stereocenters. The lowest BCUT2D eigenvalue weighted by molar-refractivity contribution is 0.130. The molecule has 1 N–H and O–H groups in total. The van der Waals surface area contributed by atoms with Gasteiger partial charge < -0.3 is 9.67 Å². The van der Waals surface area contributed by atoms with Crippen LogP contribution in [0.25, 0.3) is 0 Å². The van der Waals surface area contributed by atoms with Gasteiger partial charge in [-0.3, -0.25) is 0 Å². The Labute approximate surface area is 113 Å². The van der Waals surface area contributed by atoms with Crippen LogP contribution in [0.2, 0.25) is 0 Å². The normalized spacial score (nSPS) is 29.9. The molecule has 106 valence electrons. The minimum absolute atomic E-state index is 0.261. The number of rotatable bonds is 2. The number of aliphatic hydroxyl groups excluding tert-OH is 1. The number of hydrogen-bond acceptors (Lipinski definition) is 4. The number of aryl methyl sites for hydroxylation is 1. The molecular weight excluding hydrogens is 264 g/mol. The quantitative estimate of drug-likeness (QED) is 0.867. The summed E-state index contributed by atoms with van der Waals surface area (Å²) in [6.07, 6.45) is 6.22. The summed E-state index contributed by atoms with van der Waals surface area (Å²) in [7, 11) is -2.93. The van der Waals surface area contributed by atoms with Gasteiger partial charge in [0.25, 0.3) is 0 Å². The van der Waals surface area contributed by atoms with E-state index in [-0.39, 0.29) is 11.4 Å². The molecule has 1 fully saturated rings. The topological polar surface area (TPSA) is 72.2 Å². The fraction of sp³-hybridized carbons (Fsp3) is 0.769. The van der Waals surface area contributed by atoms with Crippen molar-refractivity contribution in [1.29, 1.82) is 0 Å². The van der Waals surface area contributed by atoms with Crippen LogP contribution in [0.1, 0.15) is 37.2 Å². The van der Waals surface area contributed by atoms with Crippen molar-refractivity contribution in [2.75, 3.05) is 5.75 Å². The van der Waals surface area contributed by atoms with Gasteiger partial charge in [-0.2, -0.15) is 0 Å². The molecule has 2 aliphatic heterocycles. The molecule has 0 bridgehead atoms. The zero-order chi connectivity index (χ0) is 13.5. The largest absolute Gasteiger partial charge is 0.391 e. The predicted octanol–water partition coefficient (Wildman–Crippen LogP) is 0.700. The van der Waals surface area contributed by atoms with Crippen LogP contribution in [-0.4, -0.2) is 40.2 Å². The first-order valence-electron chi connectivity index (χ1n) is 6.99. The number of sulfone groups is 1. The second-order valence-electron chi connectivity index (χ2n) is 5.68. The highest BCUT2D eigenvalue weighted by Gasteiger charge is 2.30. The minimum atomic E-state index is -2.93. The van der Waals surface area contributed by atoms with Crippen LogP contribution in [0.3, 0.4) is 0 Å². The molecule has 0 amide bonds. The first kappa shape index (κ1) is 13.1. The highest BCUT2D eigenvalue weighted by molar-refractivity contribution is 7.92. The lowest BCUT2D eigenvalue weighted by Gasteiger charge is -2.21.